The van der Waals surface area contributed by atoms with Crippen LogP contribution in [0, 0.1) is 16.0 Å². The van der Waals surface area contributed by atoms with Crippen LogP contribution in [0.4, 0.5) is 5.69 Å². The summed E-state index contributed by atoms with van der Waals surface area (Å²) in [6.45, 7) is 7.03. The number of nitro benzene ring substituents is 1. The second-order valence-electron chi connectivity index (χ2n) is 10.2. The van der Waals surface area contributed by atoms with E-state index in [-0.39, 0.29) is 17.4 Å². The zero-order chi connectivity index (χ0) is 29.6. The highest BCUT2D eigenvalue weighted by Crippen LogP contribution is 2.33. The molecule has 0 aliphatic heterocycles. The molecule has 41 heavy (non-hydrogen) atoms. The lowest BCUT2D eigenvalue weighted by molar-refractivity contribution is -0.385. The maximum atomic E-state index is 12.7. The van der Waals surface area contributed by atoms with Crippen molar-refractivity contribution in [3.63, 3.8) is 0 Å². The monoisotopic (exact) mass is 561 g/mol. The summed E-state index contributed by atoms with van der Waals surface area (Å²) in [6, 6.07) is 17.7. The van der Waals surface area contributed by atoms with Crippen LogP contribution in [0.1, 0.15) is 86.4 Å². The van der Waals surface area contributed by atoms with Crippen molar-refractivity contribution in [3.8, 4) is 22.6 Å². The van der Waals surface area contributed by atoms with Gasteiger partial charge in [0.2, 0.25) is 0 Å². The van der Waals surface area contributed by atoms with Crippen LogP contribution >= 0.6 is 0 Å². The van der Waals surface area contributed by atoms with Gasteiger partial charge in [0.15, 0.2) is 5.75 Å². The Labute approximate surface area is 241 Å². The van der Waals surface area contributed by atoms with Crippen molar-refractivity contribution in [1.82, 2.24) is 0 Å². The summed E-state index contributed by atoms with van der Waals surface area (Å²) in [5, 5.41) is 11.6. The summed E-state index contributed by atoms with van der Waals surface area (Å²) in [5.41, 5.74) is 1.95. The highest BCUT2D eigenvalue weighted by molar-refractivity contribution is 5.92. The van der Waals surface area contributed by atoms with Gasteiger partial charge in [-0.1, -0.05) is 77.5 Å². The van der Waals surface area contributed by atoms with Gasteiger partial charge in [0, 0.05) is 6.07 Å². The number of carbonyl (C=O) groups is 2. The molecule has 0 saturated heterocycles. The standard InChI is InChI=1S/C33H39NO7/c1-4-6-7-8-9-10-21-39-32(35)26-15-18-29(19-16-26)41-33(36)27-13-11-25(12-14-27)28-17-20-31(30(22-28)34(37)38)40-23-24(3)5-2/h11-20,22,24H,4-10,21,23H2,1-3H3/t24-/m0/s1. The zero-order valence-electron chi connectivity index (χ0n) is 24.1. The molecule has 0 N–H and O–H groups in total. The largest absolute Gasteiger partial charge is 0.487 e. The van der Waals surface area contributed by atoms with Gasteiger partial charge in [0.05, 0.1) is 29.3 Å². The second-order valence-corrected chi connectivity index (χ2v) is 10.2. The van der Waals surface area contributed by atoms with E-state index >= 15 is 0 Å². The molecule has 0 aromatic heterocycles. The Balaban J connectivity index is 1.55. The van der Waals surface area contributed by atoms with Gasteiger partial charge in [-0.2, -0.15) is 0 Å². The van der Waals surface area contributed by atoms with Crippen LogP contribution < -0.4 is 9.47 Å². The Morgan fingerprint density at radius 2 is 1.41 bits per heavy atom. The number of esters is 2. The molecule has 3 aromatic carbocycles. The van der Waals surface area contributed by atoms with E-state index < -0.39 is 16.9 Å². The Kier molecular flexibility index (Phi) is 12.3. The molecule has 0 fully saturated rings. The van der Waals surface area contributed by atoms with E-state index in [0.717, 1.165) is 25.7 Å². The topological polar surface area (TPSA) is 105 Å². The van der Waals surface area contributed by atoms with Gasteiger partial charge in [-0.3, -0.25) is 10.1 Å². The lowest BCUT2D eigenvalue weighted by Crippen LogP contribution is -2.09. The number of ether oxygens (including phenoxy) is 3. The number of carbonyl (C=O) groups excluding carboxylic acids is 2. The molecule has 0 radical (unpaired) electrons. The van der Waals surface area contributed by atoms with Crippen LogP contribution in [-0.2, 0) is 4.74 Å². The molecule has 0 unspecified atom stereocenters. The molecule has 0 bridgehead atoms. The van der Waals surface area contributed by atoms with E-state index in [1.807, 2.05) is 13.8 Å². The molecule has 0 saturated carbocycles. The third-order valence-corrected chi connectivity index (χ3v) is 6.86. The van der Waals surface area contributed by atoms with Gasteiger partial charge in [-0.05, 0) is 65.9 Å². The van der Waals surface area contributed by atoms with Crippen LogP contribution in [0.25, 0.3) is 11.1 Å². The normalized spacial score (nSPS) is 11.5. The summed E-state index contributed by atoms with van der Waals surface area (Å²) in [6.07, 6.45) is 7.60. The van der Waals surface area contributed by atoms with E-state index in [2.05, 4.69) is 6.92 Å². The number of unbranched alkanes of at least 4 members (excludes halogenated alkanes) is 5. The fourth-order valence-electron chi connectivity index (χ4n) is 4.07. The van der Waals surface area contributed by atoms with Gasteiger partial charge >= 0.3 is 17.6 Å². The van der Waals surface area contributed by atoms with E-state index in [0.29, 0.717) is 41.2 Å². The number of nitrogens with zero attached hydrogens (tertiary/aromatic N) is 1. The predicted molar refractivity (Wildman–Crippen MR) is 159 cm³/mol. The van der Waals surface area contributed by atoms with Crippen molar-refractivity contribution < 1.29 is 28.7 Å². The van der Waals surface area contributed by atoms with Crippen LogP contribution in [0.3, 0.4) is 0 Å². The minimum atomic E-state index is -0.560. The zero-order valence-corrected chi connectivity index (χ0v) is 24.1. The van der Waals surface area contributed by atoms with Gasteiger partial charge in [-0.25, -0.2) is 9.59 Å². The smallest absolute Gasteiger partial charge is 0.343 e. The molecule has 0 aliphatic carbocycles. The van der Waals surface area contributed by atoms with Crippen LogP contribution in [0.5, 0.6) is 11.5 Å². The summed E-state index contributed by atoms with van der Waals surface area (Å²) < 4.78 is 16.5. The summed E-state index contributed by atoms with van der Waals surface area (Å²) >= 11 is 0. The quantitative estimate of drug-likeness (QED) is 0.0568. The van der Waals surface area contributed by atoms with Crippen LogP contribution in [0.2, 0.25) is 0 Å². The van der Waals surface area contributed by atoms with E-state index in [1.54, 1.807) is 60.7 Å². The minimum absolute atomic E-state index is 0.107. The van der Waals surface area contributed by atoms with Crippen molar-refractivity contribution >= 4 is 17.6 Å². The first-order chi connectivity index (χ1) is 19.8. The average molecular weight is 562 g/mol. The SMILES string of the molecule is CCCCCCCCOC(=O)c1ccc(OC(=O)c2ccc(-c3ccc(OC[C@@H](C)CC)c([N+](=O)[O-])c3)cc2)cc1. The molecular formula is C33H39NO7. The highest BCUT2D eigenvalue weighted by Gasteiger charge is 2.18. The molecule has 0 aliphatic rings. The summed E-state index contributed by atoms with van der Waals surface area (Å²) in [7, 11) is 0. The molecule has 1 atom stereocenters. The fraction of sp³-hybridized carbons (Fsp3) is 0.394. The first-order valence-electron chi connectivity index (χ1n) is 14.3. The van der Waals surface area contributed by atoms with Crippen molar-refractivity contribution in [2.45, 2.75) is 65.7 Å². The van der Waals surface area contributed by atoms with Crippen molar-refractivity contribution in [1.29, 1.82) is 0 Å². The van der Waals surface area contributed by atoms with Crippen LogP contribution in [0.15, 0.2) is 66.7 Å². The number of hydrogen-bond acceptors (Lipinski definition) is 7. The molecule has 218 valence electrons. The number of hydrogen-bond donors (Lipinski definition) is 0. The molecular weight excluding hydrogens is 522 g/mol. The minimum Gasteiger partial charge on any atom is -0.487 e. The van der Waals surface area contributed by atoms with E-state index in [1.165, 1.54) is 25.3 Å². The van der Waals surface area contributed by atoms with Crippen LogP contribution in [-0.4, -0.2) is 30.1 Å². The lowest BCUT2D eigenvalue weighted by atomic mass is 10.0. The molecule has 8 heteroatoms. The van der Waals surface area contributed by atoms with Crippen molar-refractivity contribution in [2.24, 2.45) is 5.92 Å². The van der Waals surface area contributed by atoms with Gasteiger partial charge in [-0.15, -0.1) is 0 Å². The first kappa shape index (κ1) is 31.3. The van der Waals surface area contributed by atoms with Gasteiger partial charge in [0.25, 0.3) is 0 Å². The maximum absolute atomic E-state index is 12.7. The Hall–Kier alpha value is -4.20. The molecule has 3 aromatic rings. The average Bonchev–Trinajstić information content (AvgIpc) is 2.99. The van der Waals surface area contributed by atoms with E-state index in [9.17, 15) is 19.7 Å². The Morgan fingerprint density at radius 1 is 0.805 bits per heavy atom. The molecule has 0 spiro atoms. The third-order valence-electron chi connectivity index (χ3n) is 6.86. The molecule has 3 rings (SSSR count). The lowest BCUT2D eigenvalue weighted by Gasteiger charge is -2.12. The fourth-order valence-corrected chi connectivity index (χ4v) is 4.07. The second kappa shape index (κ2) is 16.2. The number of rotatable bonds is 16. The summed E-state index contributed by atoms with van der Waals surface area (Å²) in [5.74, 6) is -0.140. The van der Waals surface area contributed by atoms with Crippen molar-refractivity contribution in [2.75, 3.05) is 13.2 Å². The van der Waals surface area contributed by atoms with E-state index in [4.69, 9.17) is 14.2 Å². The summed E-state index contributed by atoms with van der Waals surface area (Å²) in [4.78, 5) is 36.1. The first-order valence-corrected chi connectivity index (χ1v) is 14.3. The van der Waals surface area contributed by atoms with Crippen molar-refractivity contribution in [3.05, 3.63) is 88.0 Å². The molecule has 0 amide bonds. The predicted octanol–water partition coefficient (Wildman–Crippen LogP) is 8.42. The van der Waals surface area contributed by atoms with Gasteiger partial charge < -0.3 is 14.2 Å². The Bertz CT molecular complexity index is 1290. The molecule has 0 heterocycles. The maximum Gasteiger partial charge on any atom is 0.343 e. The molecule has 8 nitrogen and oxygen atoms in total. The number of benzene rings is 3. The highest BCUT2D eigenvalue weighted by atomic mass is 16.6. The number of nitro groups is 1. The third kappa shape index (κ3) is 9.74. The Morgan fingerprint density at radius 3 is 2.07 bits per heavy atom. The van der Waals surface area contributed by atoms with Gasteiger partial charge in [0.1, 0.15) is 5.75 Å².